The molecule has 1 N–H and O–H groups in total. The van der Waals surface area contributed by atoms with Crippen LogP contribution in [0.25, 0.3) is 0 Å². The lowest BCUT2D eigenvalue weighted by molar-refractivity contribution is -0.117. The smallest absolute Gasteiger partial charge is 0.348 e. The van der Waals surface area contributed by atoms with E-state index in [1.807, 2.05) is 0 Å². The van der Waals surface area contributed by atoms with Gasteiger partial charge in [0.1, 0.15) is 16.5 Å². The fourth-order valence-electron chi connectivity index (χ4n) is 3.12. The predicted octanol–water partition coefficient (Wildman–Crippen LogP) is 3.25. The molecule has 11 heteroatoms. The second kappa shape index (κ2) is 13.0. The summed E-state index contributed by atoms with van der Waals surface area (Å²) in [7, 11) is 4.57. The number of hydrogen-bond acceptors (Lipinski definition) is 9. The van der Waals surface area contributed by atoms with Crippen LogP contribution in [0.1, 0.15) is 38.1 Å². The Labute approximate surface area is 201 Å². The lowest BCUT2D eigenvalue weighted by Gasteiger charge is -2.17. The molecule has 0 aliphatic carbocycles. The van der Waals surface area contributed by atoms with Crippen molar-refractivity contribution in [2.75, 3.05) is 52.9 Å². The molecule has 9 nitrogen and oxygen atoms in total. The van der Waals surface area contributed by atoms with Crippen LogP contribution in [0, 0.1) is 12.7 Å². The zero-order valence-corrected chi connectivity index (χ0v) is 20.7. The number of amides is 1. The van der Waals surface area contributed by atoms with Gasteiger partial charge in [-0.05, 0) is 44.2 Å². The lowest BCUT2D eigenvalue weighted by atomic mass is 10.1. The zero-order chi connectivity index (χ0) is 25.3. The summed E-state index contributed by atoms with van der Waals surface area (Å²) in [5.41, 5.74) is 1.14. The molecule has 0 aliphatic rings. The first-order chi connectivity index (χ1) is 16.2. The minimum atomic E-state index is -0.649. The Morgan fingerprint density at radius 1 is 1.12 bits per heavy atom. The summed E-state index contributed by atoms with van der Waals surface area (Å²) in [5.74, 6) is -2.03. The van der Waals surface area contributed by atoms with E-state index in [9.17, 15) is 18.8 Å². The van der Waals surface area contributed by atoms with E-state index in [1.165, 1.54) is 26.4 Å². The number of carbonyl (C=O) groups is 3. The van der Waals surface area contributed by atoms with E-state index < -0.39 is 23.7 Å². The molecule has 1 amide bonds. The molecule has 0 spiro atoms. The quantitative estimate of drug-likeness (QED) is 0.353. The van der Waals surface area contributed by atoms with Crippen LogP contribution in [0.15, 0.2) is 18.2 Å². The topological polar surface area (TPSA) is 103 Å². The molecule has 186 valence electrons. The third-order valence-corrected chi connectivity index (χ3v) is 5.85. The van der Waals surface area contributed by atoms with Crippen molar-refractivity contribution in [3.8, 4) is 5.75 Å². The molecule has 1 aromatic carbocycles. The molecule has 1 aromatic heterocycles. The first kappa shape index (κ1) is 27.2. The fourth-order valence-corrected chi connectivity index (χ4v) is 4.22. The molecular weight excluding hydrogens is 467 g/mol. The molecule has 0 aliphatic heterocycles. The van der Waals surface area contributed by atoms with E-state index in [0.717, 1.165) is 11.3 Å². The molecule has 0 saturated carbocycles. The molecule has 1 heterocycles. The fraction of sp³-hybridized carbons (Fsp3) is 0.435. The minimum absolute atomic E-state index is 0.0412. The third-order valence-electron chi connectivity index (χ3n) is 4.67. The number of thiophene rings is 1. The van der Waals surface area contributed by atoms with E-state index in [4.69, 9.17) is 18.9 Å². The molecule has 2 rings (SSSR count). The minimum Gasteiger partial charge on any atom is -0.494 e. The van der Waals surface area contributed by atoms with Gasteiger partial charge in [-0.2, -0.15) is 0 Å². The van der Waals surface area contributed by atoms with Crippen LogP contribution >= 0.6 is 11.3 Å². The number of nitrogens with one attached hydrogen (secondary N) is 1. The highest BCUT2D eigenvalue weighted by molar-refractivity contribution is 7.18. The maximum absolute atomic E-state index is 13.9. The van der Waals surface area contributed by atoms with Crippen LogP contribution in [-0.2, 0) is 25.5 Å². The van der Waals surface area contributed by atoms with Gasteiger partial charge < -0.3 is 24.3 Å². The molecule has 34 heavy (non-hydrogen) atoms. The summed E-state index contributed by atoms with van der Waals surface area (Å²) in [4.78, 5) is 39.5. The lowest BCUT2D eigenvalue weighted by Crippen LogP contribution is -2.30. The van der Waals surface area contributed by atoms with Crippen molar-refractivity contribution in [1.82, 2.24) is 4.90 Å². The molecule has 2 aromatic rings. The number of methoxy groups -OCH3 is 2. The summed E-state index contributed by atoms with van der Waals surface area (Å²) < 4.78 is 34.0. The number of hydrogen-bond donors (Lipinski definition) is 1. The van der Waals surface area contributed by atoms with Crippen LogP contribution in [0.3, 0.4) is 0 Å². The van der Waals surface area contributed by atoms with Gasteiger partial charge in [-0.3, -0.25) is 9.69 Å². The summed E-state index contributed by atoms with van der Waals surface area (Å²) in [6.07, 6.45) is 0. The van der Waals surface area contributed by atoms with Gasteiger partial charge in [-0.15, -0.1) is 11.3 Å². The van der Waals surface area contributed by atoms with Gasteiger partial charge in [-0.1, -0.05) is 6.07 Å². The van der Waals surface area contributed by atoms with Gasteiger partial charge in [0.2, 0.25) is 5.91 Å². The van der Waals surface area contributed by atoms with Crippen LogP contribution in [0.2, 0.25) is 0 Å². The van der Waals surface area contributed by atoms with E-state index in [0.29, 0.717) is 17.7 Å². The normalized spacial score (nSPS) is 10.8. The van der Waals surface area contributed by atoms with E-state index >= 15 is 0 Å². The Morgan fingerprint density at radius 2 is 1.85 bits per heavy atom. The summed E-state index contributed by atoms with van der Waals surface area (Å²) in [6.45, 7) is 3.94. The van der Waals surface area contributed by atoms with E-state index in [2.05, 4.69) is 5.32 Å². The Kier molecular flexibility index (Phi) is 10.4. The maximum atomic E-state index is 13.9. The van der Waals surface area contributed by atoms with Crippen LogP contribution in [-0.4, -0.2) is 70.4 Å². The maximum Gasteiger partial charge on any atom is 0.348 e. The molecule has 0 bridgehead atoms. The molecule has 0 saturated heterocycles. The average Bonchev–Trinajstić information content (AvgIpc) is 3.09. The van der Waals surface area contributed by atoms with Gasteiger partial charge in [0.25, 0.3) is 0 Å². The summed E-state index contributed by atoms with van der Waals surface area (Å²) >= 11 is 0.942. The van der Waals surface area contributed by atoms with Gasteiger partial charge in [0, 0.05) is 13.7 Å². The summed E-state index contributed by atoms with van der Waals surface area (Å²) in [5, 5.41) is 2.89. The van der Waals surface area contributed by atoms with Crippen LogP contribution in [0.5, 0.6) is 5.75 Å². The average molecular weight is 497 g/mol. The highest BCUT2D eigenvalue weighted by Gasteiger charge is 2.27. The molecular formula is C23H29FN2O7S. The molecule has 0 atom stereocenters. The number of anilines is 1. The molecule has 0 fully saturated rings. The second-order valence-electron chi connectivity index (χ2n) is 7.30. The van der Waals surface area contributed by atoms with Crippen LogP contribution in [0.4, 0.5) is 9.39 Å². The standard InChI is InChI=1S/C23H29FN2O7S/c1-6-32-22(28)19-14(2)20(23(29)33-10-9-30-4)34-21(19)25-18(27)13-26(3)12-15-7-8-17(31-5)16(24)11-15/h7-8,11H,6,9-10,12-13H2,1-5H3,(H,25,27). The van der Waals surface area contributed by atoms with Crippen LogP contribution < -0.4 is 10.1 Å². The molecule has 0 unspecified atom stereocenters. The first-order valence-corrected chi connectivity index (χ1v) is 11.3. The zero-order valence-electron chi connectivity index (χ0n) is 19.9. The number of halogens is 1. The first-order valence-electron chi connectivity index (χ1n) is 10.5. The monoisotopic (exact) mass is 496 g/mol. The Balaban J connectivity index is 2.14. The van der Waals surface area contributed by atoms with Crippen molar-refractivity contribution >= 4 is 34.2 Å². The Hall–Kier alpha value is -3.02. The second-order valence-corrected chi connectivity index (χ2v) is 8.32. The number of rotatable bonds is 12. The number of carbonyl (C=O) groups excluding carboxylic acids is 3. The van der Waals surface area contributed by atoms with E-state index in [1.54, 1.807) is 31.9 Å². The number of benzene rings is 1. The molecule has 0 radical (unpaired) electrons. The van der Waals surface area contributed by atoms with Crippen molar-refractivity contribution in [3.05, 3.63) is 45.6 Å². The largest absolute Gasteiger partial charge is 0.494 e. The number of nitrogens with zero attached hydrogens (tertiary/aromatic N) is 1. The number of ether oxygens (including phenoxy) is 4. The highest BCUT2D eigenvalue weighted by atomic mass is 32.1. The van der Waals surface area contributed by atoms with Gasteiger partial charge >= 0.3 is 11.9 Å². The van der Waals surface area contributed by atoms with E-state index in [-0.39, 0.29) is 47.6 Å². The van der Waals surface area contributed by atoms with Crippen molar-refractivity contribution < 1.29 is 37.7 Å². The summed E-state index contributed by atoms with van der Waals surface area (Å²) in [6, 6.07) is 4.57. The predicted molar refractivity (Wildman–Crippen MR) is 125 cm³/mol. The third kappa shape index (κ3) is 7.24. The SMILES string of the molecule is CCOC(=O)c1c(NC(=O)CN(C)Cc2ccc(OC)c(F)c2)sc(C(=O)OCCOC)c1C. The van der Waals surface area contributed by atoms with Gasteiger partial charge in [0.15, 0.2) is 11.6 Å². The Morgan fingerprint density at radius 3 is 2.47 bits per heavy atom. The van der Waals surface area contributed by atoms with Gasteiger partial charge in [0.05, 0.1) is 32.4 Å². The highest BCUT2D eigenvalue weighted by Crippen LogP contribution is 2.34. The van der Waals surface area contributed by atoms with Crippen molar-refractivity contribution in [2.45, 2.75) is 20.4 Å². The number of likely N-dealkylation sites (N-methyl/N-ethyl adjacent to an activating group) is 1. The Bertz CT molecular complexity index is 1020. The van der Waals surface area contributed by atoms with Crippen molar-refractivity contribution in [2.24, 2.45) is 0 Å². The number of esters is 2. The van der Waals surface area contributed by atoms with Crippen molar-refractivity contribution in [3.63, 3.8) is 0 Å². The van der Waals surface area contributed by atoms with Gasteiger partial charge in [-0.25, -0.2) is 14.0 Å². The van der Waals surface area contributed by atoms with Crippen molar-refractivity contribution in [1.29, 1.82) is 0 Å².